The van der Waals surface area contributed by atoms with Gasteiger partial charge in [-0.1, -0.05) is 46.3 Å². The van der Waals surface area contributed by atoms with Crippen molar-refractivity contribution in [3.8, 4) is 0 Å². The minimum atomic E-state index is -1.08. The third-order valence-electron chi connectivity index (χ3n) is 3.80. The molecule has 0 bridgehead atoms. The predicted molar refractivity (Wildman–Crippen MR) is 98.3 cm³/mol. The molecular formula is C19H20BrNO4. The number of benzene rings is 2. The van der Waals surface area contributed by atoms with E-state index in [1.165, 1.54) is 4.90 Å². The van der Waals surface area contributed by atoms with Gasteiger partial charge in [0.25, 0.3) is 0 Å². The lowest BCUT2D eigenvalue weighted by molar-refractivity contribution is -0.138. The molecule has 1 amide bonds. The molecule has 132 valence electrons. The minimum absolute atomic E-state index is 0.105. The number of hydrogen-bond acceptors (Lipinski definition) is 3. The number of carbonyl (C=O) groups excluding carboxylic acids is 1. The third kappa shape index (κ3) is 5.60. The van der Waals surface area contributed by atoms with Crippen LogP contribution >= 0.6 is 15.9 Å². The monoisotopic (exact) mass is 405 g/mol. The fraction of sp³-hybridized carbons (Fsp3) is 0.263. The molecule has 5 nitrogen and oxygen atoms in total. The van der Waals surface area contributed by atoms with Gasteiger partial charge in [-0.3, -0.25) is 9.69 Å². The van der Waals surface area contributed by atoms with Crippen LogP contribution in [0.4, 0.5) is 4.79 Å². The normalized spacial score (nSPS) is 10.4. The first-order chi connectivity index (χ1) is 11.9. The highest BCUT2D eigenvalue weighted by Crippen LogP contribution is 2.22. The SMILES string of the molecule is Cc1cc(Br)cc(C)c1CN(CC(=O)O)C(=O)OCc1ccccc1. The van der Waals surface area contributed by atoms with E-state index in [0.29, 0.717) is 0 Å². The van der Waals surface area contributed by atoms with Gasteiger partial charge in [-0.2, -0.15) is 0 Å². The number of ether oxygens (including phenoxy) is 1. The van der Waals surface area contributed by atoms with Gasteiger partial charge in [0.1, 0.15) is 13.2 Å². The summed E-state index contributed by atoms with van der Waals surface area (Å²) < 4.78 is 6.23. The fourth-order valence-electron chi connectivity index (χ4n) is 2.54. The zero-order valence-corrected chi connectivity index (χ0v) is 15.7. The molecule has 0 fully saturated rings. The van der Waals surface area contributed by atoms with Crippen molar-refractivity contribution in [3.63, 3.8) is 0 Å². The molecule has 0 unspecified atom stereocenters. The van der Waals surface area contributed by atoms with E-state index in [9.17, 15) is 9.59 Å². The molecule has 0 aliphatic rings. The number of aliphatic carboxylic acids is 1. The van der Waals surface area contributed by atoms with Crippen molar-refractivity contribution in [3.05, 3.63) is 69.2 Å². The number of amides is 1. The first kappa shape index (κ1) is 19.0. The largest absolute Gasteiger partial charge is 0.480 e. The number of aryl methyl sites for hydroxylation is 2. The molecule has 0 spiro atoms. The molecule has 2 rings (SSSR count). The Morgan fingerprint density at radius 3 is 2.28 bits per heavy atom. The van der Waals surface area contributed by atoms with Gasteiger partial charge in [-0.25, -0.2) is 4.79 Å². The second-order valence-electron chi connectivity index (χ2n) is 5.81. The highest BCUT2D eigenvalue weighted by Gasteiger charge is 2.20. The summed E-state index contributed by atoms with van der Waals surface area (Å²) in [5, 5.41) is 9.12. The fourth-order valence-corrected chi connectivity index (χ4v) is 3.23. The molecule has 0 aromatic heterocycles. The van der Waals surface area contributed by atoms with E-state index >= 15 is 0 Å². The summed E-state index contributed by atoms with van der Waals surface area (Å²) in [5.41, 5.74) is 3.74. The van der Waals surface area contributed by atoms with Gasteiger partial charge < -0.3 is 9.84 Å². The maximum atomic E-state index is 12.4. The van der Waals surface area contributed by atoms with Crippen molar-refractivity contribution in [1.29, 1.82) is 0 Å². The summed E-state index contributed by atoms with van der Waals surface area (Å²) in [7, 11) is 0. The van der Waals surface area contributed by atoms with Gasteiger partial charge in [-0.15, -0.1) is 0 Å². The summed E-state index contributed by atoms with van der Waals surface area (Å²) in [6.45, 7) is 3.74. The maximum Gasteiger partial charge on any atom is 0.410 e. The van der Waals surface area contributed by atoms with Crippen LogP contribution in [0.3, 0.4) is 0 Å². The lowest BCUT2D eigenvalue weighted by Gasteiger charge is -2.22. The van der Waals surface area contributed by atoms with Crippen LogP contribution in [0.2, 0.25) is 0 Å². The van der Waals surface area contributed by atoms with Crippen LogP contribution in [-0.4, -0.2) is 28.6 Å². The van der Waals surface area contributed by atoms with Gasteiger partial charge in [0.15, 0.2) is 0 Å². The summed E-state index contributed by atoms with van der Waals surface area (Å²) >= 11 is 3.43. The molecule has 2 aromatic carbocycles. The summed E-state index contributed by atoms with van der Waals surface area (Å²) in [4.78, 5) is 24.7. The molecule has 0 heterocycles. The Balaban J connectivity index is 2.13. The van der Waals surface area contributed by atoms with E-state index < -0.39 is 18.6 Å². The van der Waals surface area contributed by atoms with Crippen molar-refractivity contribution in [1.82, 2.24) is 4.90 Å². The van der Waals surface area contributed by atoms with Crippen LogP contribution in [0.25, 0.3) is 0 Å². The first-order valence-corrected chi connectivity index (χ1v) is 8.59. The second kappa shape index (κ2) is 8.67. The summed E-state index contributed by atoms with van der Waals surface area (Å²) in [6.07, 6.45) is -0.645. The van der Waals surface area contributed by atoms with E-state index in [1.807, 2.05) is 56.3 Å². The first-order valence-electron chi connectivity index (χ1n) is 7.80. The second-order valence-corrected chi connectivity index (χ2v) is 6.72. The predicted octanol–water partition coefficient (Wildman–Crippen LogP) is 4.29. The molecule has 0 radical (unpaired) electrons. The van der Waals surface area contributed by atoms with E-state index in [2.05, 4.69) is 15.9 Å². The number of rotatable bonds is 6. The smallest absolute Gasteiger partial charge is 0.410 e. The zero-order chi connectivity index (χ0) is 18.4. The van der Waals surface area contributed by atoms with Crippen molar-refractivity contribution >= 4 is 28.0 Å². The summed E-state index contributed by atoms with van der Waals surface area (Å²) in [6, 6.07) is 13.2. The number of nitrogens with zero attached hydrogens (tertiary/aromatic N) is 1. The quantitative estimate of drug-likeness (QED) is 0.777. The Kier molecular flexibility index (Phi) is 6.58. The minimum Gasteiger partial charge on any atom is -0.480 e. The van der Waals surface area contributed by atoms with Crippen LogP contribution in [0.15, 0.2) is 46.9 Å². The van der Waals surface area contributed by atoms with Crippen molar-refractivity contribution in [2.24, 2.45) is 0 Å². The zero-order valence-electron chi connectivity index (χ0n) is 14.2. The van der Waals surface area contributed by atoms with Crippen LogP contribution in [0, 0.1) is 13.8 Å². The highest BCUT2D eigenvalue weighted by atomic mass is 79.9. The van der Waals surface area contributed by atoms with Crippen LogP contribution in [0.5, 0.6) is 0 Å². The van der Waals surface area contributed by atoms with Crippen LogP contribution in [0.1, 0.15) is 22.3 Å². The number of carboxylic acid groups (broad SMARTS) is 1. The highest BCUT2D eigenvalue weighted by molar-refractivity contribution is 9.10. The molecule has 0 aliphatic carbocycles. The molecule has 1 N–H and O–H groups in total. The van der Waals surface area contributed by atoms with Gasteiger partial charge in [0, 0.05) is 4.47 Å². The molecule has 25 heavy (non-hydrogen) atoms. The third-order valence-corrected chi connectivity index (χ3v) is 4.26. The maximum absolute atomic E-state index is 12.4. The molecular weight excluding hydrogens is 386 g/mol. The lowest BCUT2D eigenvalue weighted by Crippen LogP contribution is -2.36. The van der Waals surface area contributed by atoms with Gasteiger partial charge in [0.2, 0.25) is 0 Å². The van der Waals surface area contributed by atoms with E-state index in [0.717, 1.165) is 26.7 Å². The number of carboxylic acids is 1. The number of carbonyl (C=O) groups is 2. The van der Waals surface area contributed by atoms with E-state index in [4.69, 9.17) is 9.84 Å². The lowest BCUT2D eigenvalue weighted by atomic mass is 10.0. The van der Waals surface area contributed by atoms with Crippen molar-refractivity contribution < 1.29 is 19.4 Å². The van der Waals surface area contributed by atoms with Crippen molar-refractivity contribution in [2.45, 2.75) is 27.0 Å². The summed E-state index contributed by atoms with van der Waals surface area (Å²) in [5.74, 6) is -1.08. The average Bonchev–Trinajstić information content (AvgIpc) is 2.55. The number of hydrogen-bond donors (Lipinski definition) is 1. The molecule has 0 atom stereocenters. The molecule has 6 heteroatoms. The van der Waals surface area contributed by atoms with Gasteiger partial charge >= 0.3 is 12.1 Å². The van der Waals surface area contributed by atoms with Crippen LogP contribution < -0.4 is 0 Å². The topological polar surface area (TPSA) is 66.8 Å². The molecule has 0 saturated carbocycles. The standard InChI is InChI=1S/C19H20BrNO4/c1-13-8-16(20)9-14(2)17(13)10-21(11-18(22)23)19(24)25-12-15-6-4-3-5-7-15/h3-9H,10-12H2,1-2H3,(H,22,23). The van der Waals surface area contributed by atoms with Crippen molar-refractivity contribution in [2.75, 3.05) is 6.54 Å². The van der Waals surface area contributed by atoms with Crippen LogP contribution in [-0.2, 0) is 22.7 Å². The molecule has 2 aromatic rings. The number of halogens is 1. The Bertz CT molecular complexity index is 738. The molecule has 0 saturated heterocycles. The van der Waals surface area contributed by atoms with E-state index in [1.54, 1.807) is 0 Å². The Morgan fingerprint density at radius 1 is 1.12 bits per heavy atom. The molecule has 0 aliphatic heterocycles. The Labute approximate surface area is 155 Å². The Hall–Kier alpha value is -2.34. The van der Waals surface area contributed by atoms with E-state index in [-0.39, 0.29) is 13.2 Å². The van der Waals surface area contributed by atoms with Gasteiger partial charge in [-0.05, 0) is 48.2 Å². The van der Waals surface area contributed by atoms with Gasteiger partial charge in [0.05, 0.1) is 6.54 Å². The average molecular weight is 406 g/mol. The Morgan fingerprint density at radius 2 is 1.72 bits per heavy atom.